The maximum atomic E-state index is 9.57. The molecule has 0 aromatic carbocycles. The third-order valence-corrected chi connectivity index (χ3v) is 2.24. The Kier molecular flexibility index (Phi) is 1.41. The van der Waals surface area contributed by atoms with Crippen LogP contribution in [-0.2, 0) is 4.74 Å². The van der Waals surface area contributed by atoms with E-state index in [0.717, 1.165) is 6.42 Å². The van der Waals surface area contributed by atoms with Crippen molar-refractivity contribution in [3.63, 3.8) is 0 Å². The third kappa shape index (κ3) is 1.24. The van der Waals surface area contributed by atoms with Gasteiger partial charge >= 0.3 is 0 Å². The van der Waals surface area contributed by atoms with Crippen molar-refractivity contribution in [3.05, 3.63) is 23.8 Å². The van der Waals surface area contributed by atoms with Crippen LogP contribution in [0.1, 0.15) is 19.8 Å². The lowest BCUT2D eigenvalue weighted by molar-refractivity contribution is 0.0394. The maximum absolute atomic E-state index is 9.57. The fourth-order valence-electron chi connectivity index (χ4n) is 1.38. The summed E-state index contributed by atoms with van der Waals surface area (Å²) in [5, 5.41) is 9.57. The predicted molar refractivity (Wildman–Crippen MR) is 42.0 cm³/mol. The molecule has 11 heavy (non-hydrogen) atoms. The number of hydrogen-bond acceptors (Lipinski definition) is 2. The molecule has 60 valence electrons. The maximum Gasteiger partial charge on any atom is 0.196 e. The average Bonchev–Trinajstić information content (AvgIpc) is 2.56. The van der Waals surface area contributed by atoms with Crippen LogP contribution in [0, 0.1) is 0 Å². The van der Waals surface area contributed by atoms with Crippen LogP contribution in [0.5, 0.6) is 0 Å². The second-order valence-electron chi connectivity index (χ2n) is 3.24. The zero-order valence-electron chi connectivity index (χ0n) is 6.58. The van der Waals surface area contributed by atoms with Gasteiger partial charge < -0.3 is 9.84 Å². The molecule has 2 nitrogen and oxygen atoms in total. The highest BCUT2D eigenvalue weighted by Crippen LogP contribution is 2.40. The van der Waals surface area contributed by atoms with E-state index in [-0.39, 0.29) is 6.10 Å². The highest BCUT2D eigenvalue weighted by Gasteiger charge is 2.53. The molecule has 2 unspecified atom stereocenters. The Morgan fingerprint density at radius 3 is 3.36 bits per heavy atom. The summed E-state index contributed by atoms with van der Waals surface area (Å²) in [7, 11) is 0. The third-order valence-electron chi connectivity index (χ3n) is 2.24. The Hall–Kier alpha value is -0.600. The minimum atomic E-state index is -0.827. The zero-order valence-corrected chi connectivity index (χ0v) is 6.58. The van der Waals surface area contributed by atoms with Gasteiger partial charge in [-0.1, -0.05) is 23.8 Å². The summed E-state index contributed by atoms with van der Waals surface area (Å²) in [6.45, 7) is 2.03. The summed E-state index contributed by atoms with van der Waals surface area (Å²) in [6.07, 6.45) is 7.64. The van der Waals surface area contributed by atoms with E-state index in [1.54, 1.807) is 0 Å². The van der Waals surface area contributed by atoms with Gasteiger partial charge in [0.05, 0.1) is 0 Å². The van der Waals surface area contributed by atoms with Crippen LogP contribution in [0.25, 0.3) is 0 Å². The molecule has 1 fully saturated rings. The van der Waals surface area contributed by atoms with Crippen LogP contribution in [0.3, 0.4) is 0 Å². The van der Waals surface area contributed by atoms with Crippen LogP contribution in [0.2, 0.25) is 0 Å². The molecule has 2 heteroatoms. The Bertz CT molecular complexity index is 230. The van der Waals surface area contributed by atoms with Crippen molar-refractivity contribution in [1.82, 2.24) is 0 Å². The van der Waals surface area contributed by atoms with Gasteiger partial charge in [-0.15, -0.1) is 0 Å². The van der Waals surface area contributed by atoms with Crippen LogP contribution >= 0.6 is 0 Å². The highest BCUT2D eigenvalue weighted by molar-refractivity contribution is 5.20. The topological polar surface area (TPSA) is 32.8 Å². The van der Waals surface area contributed by atoms with Crippen LogP contribution in [0.15, 0.2) is 23.8 Å². The van der Waals surface area contributed by atoms with Crippen molar-refractivity contribution in [3.8, 4) is 0 Å². The Labute approximate surface area is 66.2 Å². The monoisotopic (exact) mass is 152 g/mol. The van der Waals surface area contributed by atoms with Crippen LogP contribution in [-0.4, -0.2) is 17.0 Å². The number of rotatable bonds is 0. The lowest BCUT2D eigenvalue weighted by Crippen LogP contribution is -2.13. The molecular weight excluding hydrogens is 140 g/mol. The summed E-state index contributed by atoms with van der Waals surface area (Å²) in [4.78, 5) is 0. The van der Waals surface area contributed by atoms with Gasteiger partial charge in [0, 0.05) is 6.42 Å². The highest BCUT2D eigenvalue weighted by atomic mass is 16.7. The Balaban J connectivity index is 2.15. The van der Waals surface area contributed by atoms with Gasteiger partial charge in [0.2, 0.25) is 0 Å². The van der Waals surface area contributed by atoms with Crippen molar-refractivity contribution >= 4 is 0 Å². The normalized spacial score (nSPS) is 49.6. The molecule has 0 radical (unpaired) electrons. The molecule has 0 aromatic heterocycles. The summed E-state index contributed by atoms with van der Waals surface area (Å²) in [5.41, 5.74) is 1.20. The summed E-state index contributed by atoms with van der Waals surface area (Å²) >= 11 is 0. The van der Waals surface area contributed by atoms with Gasteiger partial charge in [-0.3, -0.25) is 0 Å². The predicted octanol–water partition coefficient (Wildman–Crippen LogP) is 1.37. The van der Waals surface area contributed by atoms with Crippen molar-refractivity contribution in [2.45, 2.75) is 31.7 Å². The molecule has 0 aromatic rings. The lowest BCUT2D eigenvalue weighted by atomic mass is 10.1. The van der Waals surface area contributed by atoms with Gasteiger partial charge in [0.1, 0.15) is 6.10 Å². The zero-order chi connectivity index (χ0) is 7.90. The molecule has 2 rings (SSSR count). The van der Waals surface area contributed by atoms with Gasteiger partial charge in [-0.25, -0.2) is 0 Å². The number of hydrogen-bond donors (Lipinski definition) is 1. The van der Waals surface area contributed by atoms with Crippen molar-refractivity contribution in [2.75, 3.05) is 0 Å². The standard InChI is InChI=1S/C9H12O2/c1-7-3-2-4-8-9(10,11-8)6-5-7/h2-3,5,8,10H,4,6H2,1H3/b3-2-,7-5-. The first-order valence-corrected chi connectivity index (χ1v) is 3.94. The fourth-order valence-corrected chi connectivity index (χ4v) is 1.38. The second kappa shape index (κ2) is 2.19. The van der Waals surface area contributed by atoms with E-state index in [2.05, 4.69) is 6.08 Å². The smallest absolute Gasteiger partial charge is 0.196 e. The van der Waals surface area contributed by atoms with Crippen LogP contribution in [0.4, 0.5) is 0 Å². The molecule has 1 aliphatic carbocycles. The molecule has 0 saturated carbocycles. The molecule has 0 bridgehead atoms. The molecule has 1 saturated heterocycles. The number of ether oxygens (including phenoxy) is 1. The molecule has 0 spiro atoms. The number of aliphatic hydroxyl groups is 1. The van der Waals surface area contributed by atoms with E-state index in [0.29, 0.717) is 6.42 Å². The van der Waals surface area contributed by atoms with E-state index in [1.807, 2.05) is 19.1 Å². The minimum Gasteiger partial charge on any atom is -0.363 e. The first kappa shape index (κ1) is 7.07. The quantitative estimate of drug-likeness (QED) is 0.532. The van der Waals surface area contributed by atoms with Crippen LogP contribution < -0.4 is 0 Å². The van der Waals surface area contributed by atoms with E-state index in [1.165, 1.54) is 5.57 Å². The minimum absolute atomic E-state index is 0.0445. The second-order valence-corrected chi connectivity index (χ2v) is 3.24. The molecule has 0 amide bonds. The van der Waals surface area contributed by atoms with Gasteiger partial charge in [0.15, 0.2) is 5.79 Å². The van der Waals surface area contributed by atoms with E-state index < -0.39 is 5.79 Å². The van der Waals surface area contributed by atoms with Gasteiger partial charge in [-0.2, -0.15) is 0 Å². The van der Waals surface area contributed by atoms with E-state index >= 15 is 0 Å². The van der Waals surface area contributed by atoms with Gasteiger partial charge in [-0.05, 0) is 13.3 Å². The van der Waals surface area contributed by atoms with Crippen molar-refractivity contribution in [1.29, 1.82) is 0 Å². The molecule has 1 heterocycles. The SMILES string of the molecule is CC1=C/CC2(O)OC2C/C=C\1. The molecular formula is C9H12O2. The number of fused-ring (bicyclic) bond motifs is 1. The Morgan fingerprint density at radius 1 is 1.73 bits per heavy atom. The molecule has 2 atom stereocenters. The first-order chi connectivity index (χ1) is 5.21. The Morgan fingerprint density at radius 2 is 2.55 bits per heavy atom. The summed E-state index contributed by atoms with van der Waals surface area (Å²) in [6, 6.07) is 0. The van der Waals surface area contributed by atoms with E-state index in [9.17, 15) is 5.11 Å². The average molecular weight is 152 g/mol. The van der Waals surface area contributed by atoms with Crippen molar-refractivity contribution in [2.24, 2.45) is 0 Å². The summed E-state index contributed by atoms with van der Waals surface area (Å²) < 4.78 is 5.13. The molecule has 2 aliphatic rings. The number of allylic oxidation sites excluding steroid dienone is 2. The van der Waals surface area contributed by atoms with Crippen molar-refractivity contribution < 1.29 is 9.84 Å². The van der Waals surface area contributed by atoms with E-state index in [4.69, 9.17) is 4.74 Å². The largest absolute Gasteiger partial charge is 0.363 e. The van der Waals surface area contributed by atoms with Gasteiger partial charge in [0.25, 0.3) is 0 Å². The first-order valence-electron chi connectivity index (χ1n) is 3.94. The number of epoxide rings is 1. The molecule has 1 aliphatic heterocycles. The summed E-state index contributed by atoms with van der Waals surface area (Å²) in [5.74, 6) is -0.827. The fraction of sp³-hybridized carbons (Fsp3) is 0.556. The lowest BCUT2D eigenvalue weighted by Gasteiger charge is -2.03. The molecule has 1 N–H and O–H groups in total.